The van der Waals surface area contributed by atoms with Gasteiger partial charge in [0.25, 0.3) is 0 Å². The van der Waals surface area contributed by atoms with Crippen LogP contribution in [0.25, 0.3) is 21.9 Å². The van der Waals surface area contributed by atoms with Crippen molar-refractivity contribution < 1.29 is 0 Å². The summed E-state index contributed by atoms with van der Waals surface area (Å²) in [5.41, 5.74) is 6.11. The first kappa shape index (κ1) is 18.2. The third kappa shape index (κ3) is 3.70. The van der Waals surface area contributed by atoms with Gasteiger partial charge in [0, 0.05) is 5.69 Å². The molecule has 1 heteroatoms. The molecule has 5 rings (SSSR count). The predicted octanol–water partition coefficient (Wildman–Crippen LogP) is 7.71. The molecule has 5 aromatic rings. The van der Waals surface area contributed by atoms with Crippen LogP contribution in [0.15, 0.2) is 127 Å². The summed E-state index contributed by atoms with van der Waals surface area (Å²) >= 11 is 0. The largest absolute Gasteiger partial charge is 0.374 e. The van der Waals surface area contributed by atoms with E-state index in [1.807, 2.05) is 0 Å². The average molecular weight is 386 g/mol. The first-order valence-corrected chi connectivity index (χ1v) is 10.3. The minimum Gasteiger partial charge on any atom is -0.374 e. The Morgan fingerprint density at radius 1 is 0.500 bits per heavy atom. The van der Waals surface area contributed by atoms with Gasteiger partial charge in [-0.1, -0.05) is 115 Å². The second kappa shape index (κ2) is 8.26. The molecule has 1 unspecified atom stereocenters. The fourth-order valence-corrected chi connectivity index (χ4v) is 4.06. The van der Waals surface area contributed by atoms with E-state index in [-0.39, 0.29) is 6.04 Å². The van der Waals surface area contributed by atoms with E-state index < -0.39 is 0 Å². The molecule has 1 N–H and O–H groups in total. The molecule has 0 saturated carbocycles. The average Bonchev–Trinajstić information content (AvgIpc) is 2.83. The van der Waals surface area contributed by atoms with Crippen LogP contribution < -0.4 is 5.32 Å². The van der Waals surface area contributed by atoms with Crippen LogP contribution in [-0.2, 0) is 0 Å². The van der Waals surface area contributed by atoms with E-state index in [9.17, 15) is 0 Å². The maximum atomic E-state index is 3.81. The van der Waals surface area contributed by atoms with Crippen LogP contribution in [0.4, 0.5) is 5.69 Å². The van der Waals surface area contributed by atoms with Gasteiger partial charge < -0.3 is 5.32 Å². The molecular weight excluding hydrogens is 362 g/mol. The summed E-state index contributed by atoms with van der Waals surface area (Å²) in [7, 11) is 0. The van der Waals surface area contributed by atoms with Crippen LogP contribution in [-0.4, -0.2) is 0 Å². The monoisotopic (exact) mass is 385 g/mol. The lowest BCUT2D eigenvalue weighted by molar-refractivity contribution is 0.942. The SMILES string of the molecule is c1ccc(-c2ccccc2C(Nc2ccc3ccccc3c2)c2ccccc2)cc1. The summed E-state index contributed by atoms with van der Waals surface area (Å²) in [6.07, 6.45) is 0. The number of rotatable bonds is 5. The molecule has 0 saturated heterocycles. The molecule has 0 radical (unpaired) electrons. The molecule has 144 valence electrons. The highest BCUT2D eigenvalue weighted by atomic mass is 14.9. The smallest absolute Gasteiger partial charge is 0.0773 e. The minimum atomic E-state index is 0.0452. The Morgan fingerprint density at radius 3 is 1.93 bits per heavy atom. The van der Waals surface area contributed by atoms with Crippen LogP contribution in [0.1, 0.15) is 17.2 Å². The molecule has 0 bridgehead atoms. The molecule has 5 aromatic carbocycles. The Balaban J connectivity index is 1.62. The number of benzene rings is 5. The first-order chi connectivity index (χ1) is 14.9. The van der Waals surface area contributed by atoms with Crippen molar-refractivity contribution in [1.29, 1.82) is 0 Å². The van der Waals surface area contributed by atoms with Crippen molar-refractivity contribution in [3.8, 4) is 11.1 Å². The summed E-state index contributed by atoms with van der Waals surface area (Å²) in [6.45, 7) is 0. The van der Waals surface area contributed by atoms with Crippen LogP contribution in [0.3, 0.4) is 0 Å². The molecule has 0 aliphatic heterocycles. The van der Waals surface area contributed by atoms with E-state index in [4.69, 9.17) is 0 Å². The third-order valence-corrected chi connectivity index (χ3v) is 5.55. The topological polar surface area (TPSA) is 12.0 Å². The summed E-state index contributed by atoms with van der Waals surface area (Å²) in [6, 6.07) is 45.1. The Bertz CT molecular complexity index is 1260. The standard InChI is InChI=1S/C29H23N/c1-3-12-23(13-4-1)27-17-9-10-18-28(27)29(24-14-5-2-6-15-24)30-26-20-19-22-11-7-8-16-25(22)21-26/h1-21,29-30H. The lowest BCUT2D eigenvalue weighted by Gasteiger charge is -2.24. The minimum absolute atomic E-state index is 0.0452. The maximum absolute atomic E-state index is 3.81. The van der Waals surface area contributed by atoms with E-state index in [0.29, 0.717) is 0 Å². The van der Waals surface area contributed by atoms with Gasteiger partial charge in [-0.25, -0.2) is 0 Å². The molecule has 1 atom stereocenters. The zero-order valence-corrected chi connectivity index (χ0v) is 16.7. The van der Waals surface area contributed by atoms with Gasteiger partial charge in [-0.15, -0.1) is 0 Å². The van der Waals surface area contributed by atoms with Crippen molar-refractivity contribution in [3.63, 3.8) is 0 Å². The summed E-state index contributed by atoms with van der Waals surface area (Å²) in [5.74, 6) is 0. The Kier molecular flexibility index (Phi) is 5.01. The van der Waals surface area contributed by atoms with Crippen molar-refractivity contribution in [2.75, 3.05) is 5.32 Å². The highest BCUT2D eigenvalue weighted by Gasteiger charge is 2.18. The number of hydrogen-bond donors (Lipinski definition) is 1. The molecule has 30 heavy (non-hydrogen) atoms. The van der Waals surface area contributed by atoms with Gasteiger partial charge in [-0.05, 0) is 45.2 Å². The lowest BCUT2D eigenvalue weighted by atomic mass is 9.90. The highest BCUT2D eigenvalue weighted by molar-refractivity contribution is 5.86. The molecule has 0 fully saturated rings. The van der Waals surface area contributed by atoms with E-state index in [1.54, 1.807) is 0 Å². The van der Waals surface area contributed by atoms with Crippen molar-refractivity contribution in [1.82, 2.24) is 0 Å². The van der Waals surface area contributed by atoms with E-state index >= 15 is 0 Å². The summed E-state index contributed by atoms with van der Waals surface area (Å²) in [5, 5.41) is 6.31. The highest BCUT2D eigenvalue weighted by Crippen LogP contribution is 2.34. The predicted molar refractivity (Wildman–Crippen MR) is 128 cm³/mol. The van der Waals surface area contributed by atoms with Gasteiger partial charge in [0.05, 0.1) is 6.04 Å². The van der Waals surface area contributed by atoms with E-state index in [0.717, 1.165) is 5.69 Å². The van der Waals surface area contributed by atoms with E-state index in [2.05, 4.69) is 133 Å². The zero-order valence-electron chi connectivity index (χ0n) is 16.7. The number of fused-ring (bicyclic) bond motifs is 1. The Hall–Kier alpha value is -3.84. The van der Waals surface area contributed by atoms with Crippen molar-refractivity contribution in [3.05, 3.63) is 139 Å². The maximum Gasteiger partial charge on any atom is 0.0773 e. The van der Waals surface area contributed by atoms with Gasteiger partial charge >= 0.3 is 0 Å². The molecule has 0 aliphatic carbocycles. The van der Waals surface area contributed by atoms with Crippen LogP contribution in [0.5, 0.6) is 0 Å². The van der Waals surface area contributed by atoms with Crippen LogP contribution in [0, 0.1) is 0 Å². The van der Waals surface area contributed by atoms with Gasteiger partial charge in [0.1, 0.15) is 0 Å². The van der Waals surface area contributed by atoms with E-state index in [1.165, 1.54) is 33.0 Å². The fourth-order valence-electron chi connectivity index (χ4n) is 4.06. The van der Waals surface area contributed by atoms with Gasteiger partial charge in [-0.3, -0.25) is 0 Å². The molecule has 0 amide bonds. The lowest BCUT2D eigenvalue weighted by Crippen LogP contribution is -2.13. The quantitative estimate of drug-likeness (QED) is 0.327. The first-order valence-electron chi connectivity index (χ1n) is 10.3. The molecule has 0 aliphatic rings. The second-order valence-electron chi connectivity index (χ2n) is 7.50. The molecule has 1 nitrogen and oxygen atoms in total. The third-order valence-electron chi connectivity index (χ3n) is 5.55. The molecular formula is C29H23N. The normalized spacial score (nSPS) is 11.9. The number of anilines is 1. The second-order valence-corrected chi connectivity index (χ2v) is 7.50. The van der Waals surface area contributed by atoms with Crippen molar-refractivity contribution in [2.24, 2.45) is 0 Å². The Labute approximate surface area is 177 Å². The molecule has 0 spiro atoms. The summed E-state index contributed by atoms with van der Waals surface area (Å²) < 4.78 is 0. The van der Waals surface area contributed by atoms with Gasteiger partial charge in [0.15, 0.2) is 0 Å². The Morgan fingerprint density at radius 2 is 1.13 bits per heavy atom. The van der Waals surface area contributed by atoms with Crippen LogP contribution in [0.2, 0.25) is 0 Å². The van der Waals surface area contributed by atoms with Crippen LogP contribution >= 0.6 is 0 Å². The number of nitrogens with one attached hydrogen (secondary N) is 1. The molecule has 0 aromatic heterocycles. The summed E-state index contributed by atoms with van der Waals surface area (Å²) in [4.78, 5) is 0. The fraction of sp³-hybridized carbons (Fsp3) is 0.0345. The van der Waals surface area contributed by atoms with Gasteiger partial charge in [0.2, 0.25) is 0 Å². The van der Waals surface area contributed by atoms with Gasteiger partial charge in [-0.2, -0.15) is 0 Å². The van der Waals surface area contributed by atoms with Crippen molar-refractivity contribution in [2.45, 2.75) is 6.04 Å². The number of hydrogen-bond acceptors (Lipinski definition) is 1. The van der Waals surface area contributed by atoms with Crippen molar-refractivity contribution >= 4 is 16.5 Å². The molecule has 0 heterocycles. The zero-order chi connectivity index (χ0) is 20.2.